The maximum absolute atomic E-state index is 13.1. The number of rotatable bonds is 5. The van der Waals surface area contributed by atoms with Crippen molar-refractivity contribution in [1.29, 1.82) is 0 Å². The topological polar surface area (TPSA) is 108 Å². The molecule has 2 heterocycles. The van der Waals surface area contributed by atoms with Gasteiger partial charge >= 0.3 is 5.97 Å². The molecule has 3 rings (SSSR count). The minimum absolute atomic E-state index is 0.0708. The van der Waals surface area contributed by atoms with E-state index in [1.165, 1.54) is 9.47 Å². The summed E-state index contributed by atoms with van der Waals surface area (Å²) in [4.78, 5) is 44.0. The number of carbonyl (C=O) groups excluding carboxylic acids is 2. The molecule has 29 heavy (non-hydrogen) atoms. The molecule has 0 aliphatic rings. The molecule has 0 fully saturated rings. The van der Waals surface area contributed by atoms with Gasteiger partial charge in [-0.25, -0.2) is 4.79 Å². The maximum atomic E-state index is 13.1. The van der Waals surface area contributed by atoms with Gasteiger partial charge in [-0.3, -0.25) is 14.2 Å². The molecule has 0 N–H and O–H groups in total. The molecule has 1 atom stereocenters. The molecular formula is C20H22N4O5. The van der Waals surface area contributed by atoms with Crippen molar-refractivity contribution >= 4 is 28.7 Å². The summed E-state index contributed by atoms with van der Waals surface area (Å²) in [6, 6.07) is 6.61. The number of benzene rings is 1. The summed E-state index contributed by atoms with van der Waals surface area (Å²) in [5.41, 5.74) is 0.808. The van der Waals surface area contributed by atoms with Crippen LogP contribution in [0, 0.1) is 13.8 Å². The number of aromatic nitrogens is 3. The largest absolute Gasteiger partial charge is 0.461 e. The Labute approximate surface area is 166 Å². The zero-order valence-electron chi connectivity index (χ0n) is 16.9. The van der Waals surface area contributed by atoms with Crippen LogP contribution in [-0.2, 0) is 9.53 Å². The summed E-state index contributed by atoms with van der Waals surface area (Å²) in [5, 5.41) is 3.53. The van der Waals surface area contributed by atoms with E-state index in [-0.39, 0.29) is 35.1 Å². The van der Waals surface area contributed by atoms with Gasteiger partial charge < -0.3 is 14.2 Å². The fourth-order valence-corrected chi connectivity index (χ4v) is 3.17. The molecule has 0 aliphatic carbocycles. The second-order valence-electron chi connectivity index (χ2n) is 6.68. The van der Waals surface area contributed by atoms with Crippen LogP contribution in [-0.4, -0.2) is 40.2 Å². The highest BCUT2D eigenvalue weighted by Gasteiger charge is 2.28. The third kappa shape index (κ3) is 3.63. The molecule has 1 unspecified atom stereocenters. The third-order valence-corrected chi connectivity index (χ3v) is 4.65. The first-order chi connectivity index (χ1) is 13.8. The van der Waals surface area contributed by atoms with Crippen molar-refractivity contribution in [3.8, 4) is 0 Å². The summed E-state index contributed by atoms with van der Waals surface area (Å²) < 4.78 is 11.2. The molecule has 0 bridgehead atoms. The van der Waals surface area contributed by atoms with Crippen LogP contribution >= 0.6 is 0 Å². The Balaban J connectivity index is 2.06. The van der Waals surface area contributed by atoms with Gasteiger partial charge in [0.15, 0.2) is 0 Å². The van der Waals surface area contributed by atoms with Gasteiger partial charge in [-0.05, 0) is 45.4 Å². The van der Waals surface area contributed by atoms with Crippen molar-refractivity contribution in [2.45, 2.75) is 33.7 Å². The van der Waals surface area contributed by atoms with Gasteiger partial charge in [-0.1, -0.05) is 17.3 Å². The highest BCUT2D eigenvalue weighted by molar-refractivity contribution is 6.00. The quantitative estimate of drug-likeness (QED) is 0.607. The SMILES string of the molecule is CCOC(=O)c1noc2nc(C)n(C(C)C(=O)N(C)c3cccc(C)c3)c(=O)c12. The number of hydrogen-bond acceptors (Lipinski definition) is 7. The van der Waals surface area contributed by atoms with Crippen molar-refractivity contribution in [2.24, 2.45) is 0 Å². The standard InChI is InChI=1S/C20H22N4O5/c1-6-28-20(27)16-15-17(29-22-16)21-13(4)24(19(15)26)12(3)18(25)23(5)14-9-7-8-11(2)10-14/h7-10,12H,6H2,1-5H3. The predicted molar refractivity (Wildman–Crippen MR) is 106 cm³/mol. The number of amides is 1. The minimum atomic E-state index is -0.866. The van der Waals surface area contributed by atoms with Crippen LogP contribution in [0.2, 0.25) is 0 Å². The van der Waals surface area contributed by atoms with Gasteiger partial charge in [0.05, 0.1) is 6.61 Å². The second kappa shape index (κ2) is 7.86. The summed E-state index contributed by atoms with van der Waals surface area (Å²) in [6.45, 7) is 6.89. The minimum Gasteiger partial charge on any atom is -0.461 e. The van der Waals surface area contributed by atoms with E-state index in [1.807, 2.05) is 31.2 Å². The molecule has 2 aromatic heterocycles. The normalized spacial score (nSPS) is 12.0. The number of hydrogen-bond donors (Lipinski definition) is 0. The summed E-state index contributed by atoms with van der Waals surface area (Å²) in [5.74, 6) is -0.819. The Morgan fingerprint density at radius 1 is 1.31 bits per heavy atom. The number of aryl methyl sites for hydroxylation is 2. The lowest BCUT2D eigenvalue weighted by Crippen LogP contribution is -2.38. The number of ether oxygens (including phenoxy) is 1. The van der Waals surface area contributed by atoms with E-state index in [2.05, 4.69) is 10.1 Å². The lowest BCUT2D eigenvalue weighted by molar-refractivity contribution is -0.121. The first-order valence-corrected chi connectivity index (χ1v) is 9.16. The lowest BCUT2D eigenvalue weighted by atomic mass is 10.2. The van der Waals surface area contributed by atoms with Crippen LogP contribution in [0.5, 0.6) is 0 Å². The van der Waals surface area contributed by atoms with Crippen molar-refractivity contribution in [3.05, 3.63) is 51.7 Å². The Morgan fingerprint density at radius 2 is 2.03 bits per heavy atom. The van der Waals surface area contributed by atoms with Crippen molar-refractivity contribution in [3.63, 3.8) is 0 Å². The van der Waals surface area contributed by atoms with E-state index in [0.717, 1.165) is 5.56 Å². The number of carbonyl (C=O) groups is 2. The van der Waals surface area contributed by atoms with E-state index >= 15 is 0 Å². The highest BCUT2D eigenvalue weighted by Crippen LogP contribution is 2.20. The molecule has 1 amide bonds. The van der Waals surface area contributed by atoms with Crippen molar-refractivity contribution in [1.82, 2.24) is 14.7 Å². The van der Waals surface area contributed by atoms with Crippen LogP contribution in [0.4, 0.5) is 5.69 Å². The molecule has 0 aliphatic heterocycles. The van der Waals surface area contributed by atoms with Gasteiger partial charge in [0.25, 0.3) is 11.3 Å². The van der Waals surface area contributed by atoms with Crippen LogP contribution in [0.3, 0.4) is 0 Å². The van der Waals surface area contributed by atoms with E-state index in [0.29, 0.717) is 5.69 Å². The number of nitrogens with zero attached hydrogens (tertiary/aromatic N) is 4. The van der Waals surface area contributed by atoms with Crippen LogP contribution in [0.25, 0.3) is 11.1 Å². The molecule has 152 valence electrons. The molecular weight excluding hydrogens is 376 g/mol. The second-order valence-corrected chi connectivity index (χ2v) is 6.68. The van der Waals surface area contributed by atoms with Gasteiger partial charge in [0, 0.05) is 12.7 Å². The zero-order valence-corrected chi connectivity index (χ0v) is 16.9. The van der Waals surface area contributed by atoms with E-state index in [1.54, 1.807) is 27.8 Å². The fourth-order valence-electron chi connectivity index (χ4n) is 3.17. The summed E-state index contributed by atoms with van der Waals surface area (Å²) in [7, 11) is 1.64. The Bertz CT molecular complexity index is 1150. The molecule has 0 radical (unpaired) electrons. The van der Waals surface area contributed by atoms with E-state index in [9.17, 15) is 14.4 Å². The Hall–Kier alpha value is -3.49. The smallest absolute Gasteiger partial charge is 0.361 e. The van der Waals surface area contributed by atoms with Crippen LogP contribution in [0.1, 0.15) is 41.8 Å². The monoisotopic (exact) mass is 398 g/mol. The van der Waals surface area contributed by atoms with Gasteiger partial charge in [0.2, 0.25) is 11.6 Å². The van der Waals surface area contributed by atoms with Crippen molar-refractivity contribution in [2.75, 3.05) is 18.6 Å². The molecule has 0 saturated heterocycles. The van der Waals surface area contributed by atoms with E-state index < -0.39 is 17.6 Å². The Kier molecular flexibility index (Phi) is 5.49. The fraction of sp³-hybridized carbons (Fsp3) is 0.350. The van der Waals surface area contributed by atoms with Gasteiger partial charge in [-0.2, -0.15) is 4.98 Å². The molecule has 3 aromatic rings. The summed E-state index contributed by atoms with van der Waals surface area (Å²) in [6.07, 6.45) is 0. The number of likely N-dealkylation sites (N-methyl/N-ethyl adjacent to an activating group) is 1. The predicted octanol–water partition coefficient (Wildman–Crippen LogP) is 2.40. The van der Waals surface area contributed by atoms with Crippen LogP contribution < -0.4 is 10.5 Å². The third-order valence-electron chi connectivity index (χ3n) is 4.65. The first kappa shape index (κ1) is 20.2. The average Bonchev–Trinajstić information content (AvgIpc) is 3.11. The molecule has 1 aromatic carbocycles. The summed E-state index contributed by atoms with van der Waals surface area (Å²) >= 11 is 0. The highest BCUT2D eigenvalue weighted by atomic mass is 16.5. The molecule has 9 nitrogen and oxygen atoms in total. The molecule has 0 saturated carbocycles. The number of esters is 1. The zero-order chi connectivity index (χ0) is 21.3. The van der Waals surface area contributed by atoms with E-state index in [4.69, 9.17) is 9.26 Å². The van der Waals surface area contributed by atoms with Crippen LogP contribution in [0.15, 0.2) is 33.6 Å². The maximum Gasteiger partial charge on any atom is 0.361 e. The molecule has 0 spiro atoms. The first-order valence-electron chi connectivity index (χ1n) is 9.16. The molecule has 9 heteroatoms. The number of anilines is 1. The Morgan fingerprint density at radius 3 is 2.69 bits per heavy atom. The number of fused-ring (bicyclic) bond motifs is 1. The van der Waals surface area contributed by atoms with Gasteiger partial charge in [-0.15, -0.1) is 0 Å². The van der Waals surface area contributed by atoms with Gasteiger partial charge in [0.1, 0.15) is 17.3 Å². The van der Waals surface area contributed by atoms with Crippen molar-refractivity contribution < 1.29 is 18.8 Å². The lowest BCUT2D eigenvalue weighted by Gasteiger charge is -2.24. The average molecular weight is 398 g/mol.